The molecule has 0 spiro atoms. The summed E-state index contributed by atoms with van der Waals surface area (Å²) in [4.78, 5) is 32.9. The number of carbonyl (C=O) groups is 3. The number of carboxylic acids is 3. The number of benzene rings is 1. The number of likely N-dealkylation sites (N-methyl/N-ethyl adjacent to an activating group) is 2. The zero-order valence-electron chi connectivity index (χ0n) is 14.5. The minimum atomic E-state index is -0.879. The monoisotopic (exact) mass is 392 g/mol. The smallest absolute Gasteiger partial charge is 0.335 e. The second-order valence-electron chi connectivity index (χ2n) is 4.93. The van der Waals surface area contributed by atoms with Crippen LogP contribution in [0.2, 0.25) is 0 Å². The number of hydrogen-bond acceptors (Lipinski definition) is 5. The molecule has 0 unspecified atom stereocenters. The first-order valence-corrected chi connectivity index (χ1v) is 6.57. The molecular formula is C15H24N2O6Zn. The van der Waals surface area contributed by atoms with Gasteiger partial charge in [0.1, 0.15) is 0 Å². The van der Waals surface area contributed by atoms with Crippen molar-refractivity contribution in [1.82, 2.24) is 9.80 Å². The van der Waals surface area contributed by atoms with E-state index in [1.807, 2.05) is 0 Å². The van der Waals surface area contributed by atoms with Crippen molar-refractivity contribution in [3.63, 3.8) is 0 Å². The molecule has 1 rings (SSSR count). The van der Waals surface area contributed by atoms with Gasteiger partial charge in [0.05, 0.1) is 18.7 Å². The average Bonchev–Trinajstić information content (AvgIpc) is 2.37. The third-order valence-corrected chi connectivity index (χ3v) is 1.92. The maximum absolute atomic E-state index is 10.2. The number of hydrogen-bond donors (Lipinski definition) is 3. The molecule has 0 atom stereocenters. The summed E-state index contributed by atoms with van der Waals surface area (Å²) in [6, 6.07) is 8.30. The predicted octanol–water partition coefficient (Wildman–Crippen LogP) is 0.648. The van der Waals surface area contributed by atoms with Crippen molar-refractivity contribution in [2.45, 2.75) is 0 Å². The summed E-state index contributed by atoms with van der Waals surface area (Å²) in [5.74, 6) is -2.45. The van der Waals surface area contributed by atoms with Crippen molar-refractivity contribution in [1.29, 1.82) is 0 Å². The molecule has 0 aliphatic heterocycles. The van der Waals surface area contributed by atoms with E-state index in [-0.39, 0.29) is 32.6 Å². The minimum absolute atomic E-state index is 0. The van der Waals surface area contributed by atoms with Crippen LogP contribution in [-0.4, -0.2) is 84.3 Å². The van der Waals surface area contributed by atoms with E-state index in [0.717, 1.165) is 0 Å². The predicted molar refractivity (Wildman–Crippen MR) is 85.8 cm³/mol. The van der Waals surface area contributed by atoms with Crippen molar-refractivity contribution in [3.05, 3.63) is 35.9 Å². The maximum atomic E-state index is 10.2. The Kier molecular flexibility index (Phi) is 18.1. The fourth-order valence-electron chi connectivity index (χ4n) is 1.12. The van der Waals surface area contributed by atoms with Crippen molar-refractivity contribution in [2.75, 3.05) is 41.3 Å². The Labute approximate surface area is 154 Å². The molecule has 9 heteroatoms. The van der Waals surface area contributed by atoms with Crippen LogP contribution in [0.15, 0.2) is 30.3 Å². The Morgan fingerprint density at radius 3 is 1.25 bits per heavy atom. The average molecular weight is 394 g/mol. The molecule has 0 aromatic heterocycles. The molecule has 0 radical (unpaired) electrons. The Balaban J connectivity index is -0.000000274. The van der Waals surface area contributed by atoms with E-state index < -0.39 is 17.9 Å². The molecular weight excluding hydrogens is 370 g/mol. The number of nitrogens with zero attached hydrogens (tertiary/aromatic N) is 2. The summed E-state index contributed by atoms with van der Waals surface area (Å²) in [6.45, 7) is 0.222. The number of aromatic carboxylic acids is 1. The molecule has 1 aromatic rings. The zero-order chi connectivity index (χ0) is 18.4. The molecule has 0 aliphatic rings. The van der Waals surface area contributed by atoms with Gasteiger partial charge in [-0.2, -0.15) is 0 Å². The third-order valence-electron chi connectivity index (χ3n) is 1.92. The van der Waals surface area contributed by atoms with E-state index in [2.05, 4.69) is 0 Å². The third kappa shape index (κ3) is 22.5. The van der Waals surface area contributed by atoms with Crippen LogP contribution in [0.1, 0.15) is 10.4 Å². The normalized spacial score (nSPS) is 8.92. The van der Waals surface area contributed by atoms with Crippen molar-refractivity contribution < 1.29 is 49.2 Å². The summed E-state index contributed by atoms with van der Waals surface area (Å²) < 4.78 is 0. The van der Waals surface area contributed by atoms with Crippen molar-refractivity contribution in [2.24, 2.45) is 0 Å². The summed E-state index contributed by atoms with van der Waals surface area (Å²) in [5, 5.41) is 24.5. The molecule has 0 fully saturated rings. The Morgan fingerprint density at radius 2 is 1.12 bits per heavy atom. The molecule has 0 bridgehead atoms. The Hall–Kier alpha value is -1.83. The summed E-state index contributed by atoms with van der Waals surface area (Å²) >= 11 is 0. The van der Waals surface area contributed by atoms with E-state index in [9.17, 15) is 14.4 Å². The van der Waals surface area contributed by atoms with Crippen LogP contribution in [0.4, 0.5) is 0 Å². The first kappa shape index (κ1) is 27.0. The van der Waals surface area contributed by atoms with Crippen LogP contribution in [0.25, 0.3) is 0 Å². The topological polar surface area (TPSA) is 118 Å². The van der Waals surface area contributed by atoms with E-state index in [0.29, 0.717) is 5.56 Å². The number of rotatable bonds is 5. The van der Waals surface area contributed by atoms with Gasteiger partial charge in [0.15, 0.2) is 0 Å². The van der Waals surface area contributed by atoms with Gasteiger partial charge in [-0.05, 0) is 40.3 Å². The van der Waals surface area contributed by atoms with Crippen LogP contribution < -0.4 is 0 Å². The van der Waals surface area contributed by atoms with Crippen LogP contribution >= 0.6 is 0 Å². The minimum Gasteiger partial charge on any atom is -0.480 e. The molecule has 1 aromatic carbocycles. The fraction of sp³-hybridized carbons (Fsp3) is 0.400. The van der Waals surface area contributed by atoms with Gasteiger partial charge in [0.25, 0.3) is 0 Å². The van der Waals surface area contributed by atoms with Gasteiger partial charge in [0.2, 0.25) is 0 Å². The molecule has 8 nitrogen and oxygen atoms in total. The van der Waals surface area contributed by atoms with Crippen LogP contribution in [-0.2, 0) is 29.1 Å². The van der Waals surface area contributed by atoms with Crippen LogP contribution in [0.5, 0.6) is 0 Å². The van der Waals surface area contributed by atoms with Gasteiger partial charge >= 0.3 is 17.9 Å². The number of aliphatic carboxylic acids is 2. The molecule has 132 valence electrons. The van der Waals surface area contributed by atoms with E-state index in [4.69, 9.17) is 15.3 Å². The van der Waals surface area contributed by atoms with E-state index in [1.165, 1.54) is 0 Å². The summed E-state index contributed by atoms with van der Waals surface area (Å²) in [7, 11) is 6.87. The Bertz CT molecular complexity index is 460. The van der Waals surface area contributed by atoms with Gasteiger partial charge in [-0.15, -0.1) is 0 Å². The second-order valence-corrected chi connectivity index (χ2v) is 4.93. The number of carboxylic acid groups (broad SMARTS) is 3. The van der Waals surface area contributed by atoms with Gasteiger partial charge in [-0.1, -0.05) is 18.2 Å². The van der Waals surface area contributed by atoms with E-state index in [1.54, 1.807) is 68.3 Å². The van der Waals surface area contributed by atoms with Crippen molar-refractivity contribution in [3.8, 4) is 0 Å². The molecule has 0 amide bonds. The quantitative estimate of drug-likeness (QED) is 0.624. The molecule has 24 heavy (non-hydrogen) atoms. The molecule has 0 heterocycles. The van der Waals surface area contributed by atoms with Gasteiger partial charge in [-0.3, -0.25) is 19.4 Å². The summed E-state index contributed by atoms with van der Waals surface area (Å²) in [6.07, 6.45) is 0. The fourth-order valence-corrected chi connectivity index (χ4v) is 1.12. The molecule has 3 N–H and O–H groups in total. The molecule has 0 saturated heterocycles. The van der Waals surface area contributed by atoms with E-state index >= 15 is 0 Å². The van der Waals surface area contributed by atoms with Crippen LogP contribution in [0.3, 0.4) is 0 Å². The molecule has 0 aliphatic carbocycles. The van der Waals surface area contributed by atoms with Crippen molar-refractivity contribution >= 4 is 17.9 Å². The zero-order valence-corrected chi connectivity index (χ0v) is 17.4. The first-order valence-electron chi connectivity index (χ1n) is 6.57. The standard InChI is InChI=1S/C7H6O2.2C4H9NO2.Zn/c8-7(9)6-4-2-1-3-5-6;2*1-5(2)3-4(6)7;/h1-5H,(H,8,9);2*3H2,1-2H3,(H,6,7);. The van der Waals surface area contributed by atoms with Gasteiger partial charge < -0.3 is 15.3 Å². The first-order chi connectivity index (χ1) is 10.6. The van der Waals surface area contributed by atoms with Gasteiger partial charge in [0, 0.05) is 19.5 Å². The second kappa shape index (κ2) is 16.0. The summed E-state index contributed by atoms with van der Waals surface area (Å²) in [5.41, 5.74) is 0.331. The Morgan fingerprint density at radius 1 is 0.792 bits per heavy atom. The SMILES string of the molecule is CN(C)CC(=O)O.CN(C)CC(=O)O.O=C(O)c1ccccc1.[Zn]. The maximum Gasteiger partial charge on any atom is 0.335 e. The van der Waals surface area contributed by atoms with Gasteiger partial charge in [-0.25, -0.2) is 4.79 Å². The molecule has 0 saturated carbocycles. The largest absolute Gasteiger partial charge is 0.480 e. The van der Waals surface area contributed by atoms with Crippen LogP contribution in [0, 0.1) is 0 Å².